The van der Waals surface area contributed by atoms with E-state index >= 15 is 0 Å². The van der Waals surface area contributed by atoms with Gasteiger partial charge in [-0.3, -0.25) is 0 Å². The van der Waals surface area contributed by atoms with Gasteiger partial charge in [-0.15, -0.1) is 23.1 Å². The van der Waals surface area contributed by atoms with Crippen molar-refractivity contribution in [1.29, 1.82) is 0 Å². The molecule has 0 spiro atoms. The van der Waals surface area contributed by atoms with Crippen LogP contribution in [0, 0.1) is 0 Å². The third-order valence-corrected chi connectivity index (χ3v) is 4.25. The number of aryl methyl sites for hydroxylation is 1. The summed E-state index contributed by atoms with van der Waals surface area (Å²) < 4.78 is 0. The normalized spacial score (nSPS) is 10.6. The first-order valence-corrected chi connectivity index (χ1v) is 7.49. The summed E-state index contributed by atoms with van der Waals surface area (Å²) in [7, 11) is 0. The summed E-state index contributed by atoms with van der Waals surface area (Å²) in [6.45, 7) is 2.17. The fourth-order valence-corrected chi connectivity index (χ4v) is 3.32. The summed E-state index contributed by atoms with van der Waals surface area (Å²) in [5.74, 6) is 1.18. The van der Waals surface area contributed by atoms with Gasteiger partial charge in [0.1, 0.15) is 5.75 Å². The molecule has 4 heteroatoms. The highest BCUT2D eigenvalue weighted by atomic mass is 32.2. The number of hydrogen-bond acceptors (Lipinski definition) is 4. The molecule has 0 saturated carbocycles. The van der Waals surface area contributed by atoms with Crippen molar-refractivity contribution in [2.24, 2.45) is 0 Å². The van der Waals surface area contributed by atoms with E-state index in [0.717, 1.165) is 29.2 Å². The molecule has 90 valence electrons. The van der Waals surface area contributed by atoms with E-state index in [4.69, 9.17) is 0 Å². The number of benzene rings is 1. The molecule has 17 heavy (non-hydrogen) atoms. The molecule has 0 atom stereocenters. The Kier molecular flexibility index (Phi) is 4.45. The fraction of sp³-hybridized carbons (Fsp3) is 0.308. The highest BCUT2D eigenvalue weighted by Crippen LogP contribution is 2.26. The molecular weight excluding hydrogens is 250 g/mol. The first-order valence-electron chi connectivity index (χ1n) is 5.63. The molecule has 0 fully saturated rings. The van der Waals surface area contributed by atoms with Crippen molar-refractivity contribution in [2.45, 2.75) is 30.4 Å². The van der Waals surface area contributed by atoms with Crippen LogP contribution < -0.4 is 0 Å². The molecule has 0 aliphatic rings. The Bertz CT molecular complexity index is 482. The molecule has 1 N–H and O–H groups in total. The van der Waals surface area contributed by atoms with Gasteiger partial charge in [0.05, 0.1) is 10.7 Å². The van der Waals surface area contributed by atoms with Crippen LogP contribution in [0.4, 0.5) is 0 Å². The predicted molar refractivity (Wildman–Crippen MR) is 73.8 cm³/mol. The minimum atomic E-state index is 0.319. The number of hydrogen-bond donors (Lipinski definition) is 1. The summed E-state index contributed by atoms with van der Waals surface area (Å²) in [6, 6.07) is 7.33. The average Bonchev–Trinajstić information content (AvgIpc) is 2.75. The van der Waals surface area contributed by atoms with Gasteiger partial charge in [-0.1, -0.05) is 13.0 Å². The number of nitrogens with zero attached hydrogens (tertiary/aromatic N) is 1. The molecular formula is C13H15NOS2. The molecule has 0 aliphatic carbocycles. The lowest BCUT2D eigenvalue weighted by atomic mass is 10.3. The Morgan fingerprint density at radius 2 is 2.29 bits per heavy atom. The molecule has 0 unspecified atom stereocenters. The summed E-state index contributed by atoms with van der Waals surface area (Å²) in [5.41, 5.74) is 1.13. The van der Waals surface area contributed by atoms with Gasteiger partial charge in [0, 0.05) is 16.0 Å². The lowest BCUT2D eigenvalue weighted by molar-refractivity contribution is 0.474. The van der Waals surface area contributed by atoms with Gasteiger partial charge in [-0.05, 0) is 31.0 Å². The topological polar surface area (TPSA) is 33.1 Å². The van der Waals surface area contributed by atoms with Crippen molar-refractivity contribution in [3.63, 3.8) is 0 Å². The van der Waals surface area contributed by atoms with Crippen LogP contribution in [-0.4, -0.2) is 10.1 Å². The molecule has 2 aromatic rings. The van der Waals surface area contributed by atoms with E-state index in [-0.39, 0.29) is 0 Å². The lowest BCUT2D eigenvalue weighted by Gasteiger charge is -1.99. The van der Waals surface area contributed by atoms with Gasteiger partial charge in [-0.2, -0.15) is 0 Å². The molecule has 0 bridgehead atoms. The maximum Gasteiger partial charge on any atom is 0.116 e. The zero-order valence-corrected chi connectivity index (χ0v) is 11.4. The Labute approximate surface area is 110 Å². The summed E-state index contributed by atoms with van der Waals surface area (Å²) in [6.07, 6.45) is 2.22. The first kappa shape index (κ1) is 12.5. The molecule has 2 rings (SSSR count). The number of aromatic hydroxyl groups is 1. The molecule has 0 radical (unpaired) electrons. The lowest BCUT2D eigenvalue weighted by Crippen LogP contribution is -1.84. The van der Waals surface area contributed by atoms with Crippen LogP contribution in [-0.2, 0) is 12.2 Å². The van der Waals surface area contributed by atoms with Crippen molar-refractivity contribution in [1.82, 2.24) is 4.98 Å². The first-order chi connectivity index (χ1) is 8.28. The van der Waals surface area contributed by atoms with E-state index in [1.54, 1.807) is 35.2 Å². The van der Waals surface area contributed by atoms with E-state index in [2.05, 4.69) is 17.3 Å². The molecule has 1 aromatic heterocycles. The van der Waals surface area contributed by atoms with Crippen LogP contribution in [0.15, 0.2) is 34.5 Å². The van der Waals surface area contributed by atoms with Crippen LogP contribution in [0.3, 0.4) is 0 Å². The number of rotatable bonds is 5. The highest BCUT2D eigenvalue weighted by Gasteiger charge is 2.02. The second kappa shape index (κ2) is 6.07. The highest BCUT2D eigenvalue weighted by molar-refractivity contribution is 7.98. The molecule has 0 aliphatic heterocycles. The maximum absolute atomic E-state index is 9.36. The second-order valence-electron chi connectivity index (χ2n) is 3.77. The maximum atomic E-state index is 9.36. The standard InChI is InChI=1S/C13H15NOS2/c1-2-4-13-14-10(9-17-13)8-16-12-6-3-5-11(15)7-12/h3,5-7,9,15H,2,4,8H2,1H3. The zero-order valence-electron chi connectivity index (χ0n) is 9.72. The van der Waals surface area contributed by atoms with Crippen LogP contribution in [0.2, 0.25) is 0 Å². The summed E-state index contributed by atoms with van der Waals surface area (Å²) in [5, 5.41) is 12.7. The van der Waals surface area contributed by atoms with Crippen molar-refractivity contribution in [3.8, 4) is 5.75 Å². The van der Waals surface area contributed by atoms with E-state index in [1.807, 2.05) is 12.1 Å². The van der Waals surface area contributed by atoms with E-state index in [1.165, 1.54) is 5.01 Å². The largest absolute Gasteiger partial charge is 0.508 e. The monoisotopic (exact) mass is 265 g/mol. The predicted octanol–water partition coefficient (Wildman–Crippen LogP) is 4.09. The number of phenolic OH excluding ortho intramolecular Hbond substituents is 1. The van der Waals surface area contributed by atoms with E-state index in [9.17, 15) is 5.11 Å². The van der Waals surface area contributed by atoms with Crippen LogP contribution >= 0.6 is 23.1 Å². The third kappa shape index (κ3) is 3.75. The quantitative estimate of drug-likeness (QED) is 0.826. The van der Waals surface area contributed by atoms with Gasteiger partial charge in [-0.25, -0.2) is 4.98 Å². The van der Waals surface area contributed by atoms with Crippen LogP contribution in [0.5, 0.6) is 5.75 Å². The summed E-state index contributed by atoms with van der Waals surface area (Å²) >= 11 is 3.44. The third-order valence-electron chi connectivity index (χ3n) is 2.27. The Morgan fingerprint density at radius 1 is 1.41 bits per heavy atom. The molecule has 2 nitrogen and oxygen atoms in total. The van der Waals surface area contributed by atoms with Gasteiger partial charge in [0.15, 0.2) is 0 Å². The molecule has 1 aromatic carbocycles. The average molecular weight is 265 g/mol. The number of thioether (sulfide) groups is 1. The van der Waals surface area contributed by atoms with Crippen LogP contribution in [0.1, 0.15) is 24.0 Å². The van der Waals surface area contributed by atoms with E-state index < -0.39 is 0 Å². The second-order valence-corrected chi connectivity index (χ2v) is 5.76. The fourth-order valence-electron chi connectivity index (χ4n) is 1.47. The molecule has 0 saturated heterocycles. The van der Waals surface area contributed by atoms with E-state index in [0.29, 0.717) is 5.75 Å². The smallest absolute Gasteiger partial charge is 0.116 e. The minimum absolute atomic E-state index is 0.319. The number of phenols is 1. The Balaban J connectivity index is 1.93. The molecule has 1 heterocycles. The summed E-state index contributed by atoms with van der Waals surface area (Å²) in [4.78, 5) is 5.65. The SMILES string of the molecule is CCCc1nc(CSc2cccc(O)c2)cs1. The number of aromatic nitrogens is 1. The molecule has 0 amide bonds. The Morgan fingerprint density at radius 3 is 3.06 bits per heavy atom. The van der Waals surface area contributed by atoms with Crippen molar-refractivity contribution >= 4 is 23.1 Å². The van der Waals surface area contributed by atoms with Gasteiger partial charge in [0.2, 0.25) is 0 Å². The van der Waals surface area contributed by atoms with Crippen molar-refractivity contribution in [2.75, 3.05) is 0 Å². The zero-order chi connectivity index (χ0) is 12.1. The van der Waals surface area contributed by atoms with Gasteiger partial charge < -0.3 is 5.11 Å². The van der Waals surface area contributed by atoms with Gasteiger partial charge >= 0.3 is 0 Å². The van der Waals surface area contributed by atoms with Crippen molar-refractivity contribution in [3.05, 3.63) is 40.3 Å². The Hall–Kier alpha value is -1.000. The van der Waals surface area contributed by atoms with Gasteiger partial charge in [0.25, 0.3) is 0 Å². The van der Waals surface area contributed by atoms with Crippen molar-refractivity contribution < 1.29 is 5.11 Å². The van der Waals surface area contributed by atoms with Crippen LogP contribution in [0.25, 0.3) is 0 Å². The minimum Gasteiger partial charge on any atom is -0.508 e. The number of thiazole rings is 1.